The molecule has 0 aliphatic heterocycles. The molecule has 1 rings (SSSR count). The molecule has 0 atom stereocenters. The Hall–Kier alpha value is -1.68. The summed E-state index contributed by atoms with van der Waals surface area (Å²) in [5, 5.41) is 2.87. The quantitative estimate of drug-likeness (QED) is 0.555. The lowest BCUT2D eigenvalue weighted by Gasteiger charge is -2.09. The zero-order valence-corrected chi connectivity index (χ0v) is 12.4. The smallest absolute Gasteiger partial charge is 0.220 e. The number of nitrogens with one attached hydrogen (secondary N) is 1. The van der Waals surface area contributed by atoms with Crippen molar-refractivity contribution in [3.05, 3.63) is 35.9 Å². The normalized spacial score (nSPS) is 10.6. The molecule has 0 radical (unpaired) electrons. The summed E-state index contributed by atoms with van der Waals surface area (Å²) in [6, 6.07) is 9.21. The van der Waals surface area contributed by atoms with Gasteiger partial charge in [0.05, 0.1) is 0 Å². The Morgan fingerprint density at radius 2 is 1.75 bits per heavy atom. The van der Waals surface area contributed by atoms with Gasteiger partial charge in [-0.25, -0.2) is 0 Å². The molecule has 20 heavy (non-hydrogen) atoms. The molecular weight excluding hydrogens is 252 g/mol. The van der Waals surface area contributed by atoms with Crippen LogP contribution in [-0.2, 0) is 4.79 Å². The lowest BCUT2D eigenvalue weighted by molar-refractivity contribution is -0.121. The molecule has 0 fully saturated rings. The van der Waals surface area contributed by atoms with Crippen LogP contribution < -0.4 is 5.32 Å². The molecule has 0 saturated heterocycles. The Kier molecular flexibility index (Phi) is 7.58. The van der Waals surface area contributed by atoms with Crippen molar-refractivity contribution >= 4 is 11.7 Å². The van der Waals surface area contributed by atoms with Gasteiger partial charge in [0.1, 0.15) is 0 Å². The van der Waals surface area contributed by atoms with Gasteiger partial charge in [-0.15, -0.1) is 0 Å². The summed E-state index contributed by atoms with van der Waals surface area (Å²) in [7, 11) is 4.02. The fraction of sp³-hybridized carbons (Fsp3) is 0.500. The van der Waals surface area contributed by atoms with E-state index in [1.54, 1.807) is 0 Å². The predicted octanol–water partition coefficient (Wildman–Crippen LogP) is 2.11. The number of carbonyl (C=O) groups excluding carboxylic acids is 2. The first-order valence-electron chi connectivity index (χ1n) is 7.09. The summed E-state index contributed by atoms with van der Waals surface area (Å²) in [5.74, 6) is 0.135. The van der Waals surface area contributed by atoms with E-state index < -0.39 is 0 Å². The summed E-state index contributed by atoms with van der Waals surface area (Å²) in [5.41, 5.74) is 0.721. The van der Waals surface area contributed by atoms with Crippen molar-refractivity contribution in [1.29, 1.82) is 0 Å². The fourth-order valence-corrected chi connectivity index (χ4v) is 1.89. The van der Waals surface area contributed by atoms with E-state index >= 15 is 0 Å². The van der Waals surface area contributed by atoms with Crippen LogP contribution >= 0.6 is 0 Å². The molecule has 0 bridgehead atoms. The number of benzene rings is 1. The van der Waals surface area contributed by atoms with E-state index in [2.05, 4.69) is 10.2 Å². The van der Waals surface area contributed by atoms with Crippen LogP contribution in [0.25, 0.3) is 0 Å². The van der Waals surface area contributed by atoms with Crippen LogP contribution in [0.5, 0.6) is 0 Å². The van der Waals surface area contributed by atoms with Crippen molar-refractivity contribution in [2.45, 2.75) is 25.7 Å². The number of Topliss-reactive ketones (excluding diaryl/α,β-unsaturated/α-hetero) is 1. The Morgan fingerprint density at radius 3 is 2.40 bits per heavy atom. The van der Waals surface area contributed by atoms with Crippen LogP contribution in [0.3, 0.4) is 0 Å². The molecule has 1 amide bonds. The van der Waals surface area contributed by atoms with E-state index in [1.165, 1.54) is 0 Å². The molecule has 0 aliphatic rings. The third-order valence-electron chi connectivity index (χ3n) is 3.01. The van der Waals surface area contributed by atoms with Crippen LogP contribution in [0.1, 0.15) is 36.0 Å². The van der Waals surface area contributed by atoms with E-state index in [1.807, 2.05) is 44.4 Å². The SMILES string of the molecule is CN(C)CCCNC(=O)CCCC(=O)c1ccccc1. The largest absolute Gasteiger partial charge is 0.356 e. The highest BCUT2D eigenvalue weighted by molar-refractivity contribution is 5.96. The maximum absolute atomic E-state index is 11.8. The number of amides is 1. The maximum Gasteiger partial charge on any atom is 0.220 e. The number of ketones is 1. The van der Waals surface area contributed by atoms with Crippen molar-refractivity contribution in [2.24, 2.45) is 0 Å². The summed E-state index contributed by atoms with van der Waals surface area (Å²) >= 11 is 0. The van der Waals surface area contributed by atoms with Gasteiger partial charge in [-0.2, -0.15) is 0 Å². The number of hydrogen-bond donors (Lipinski definition) is 1. The Labute approximate surface area is 121 Å². The standard InChI is InChI=1S/C16H24N2O2/c1-18(2)13-7-12-17-16(20)11-6-10-15(19)14-8-4-3-5-9-14/h3-5,8-9H,6-7,10-13H2,1-2H3,(H,17,20). The second-order valence-corrected chi connectivity index (χ2v) is 5.15. The van der Waals surface area contributed by atoms with Gasteiger partial charge in [0.2, 0.25) is 5.91 Å². The lowest BCUT2D eigenvalue weighted by atomic mass is 10.1. The molecule has 0 aromatic heterocycles. The zero-order valence-electron chi connectivity index (χ0n) is 12.4. The number of rotatable bonds is 9. The molecule has 1 N–H and O–H groups in total. The highest BCUT2D eigenvalue weighted by Crippen LogP contribution is 2.06. The van der Waals surface area contributed by atoms with Gasteiger partial charge in [-0.05, 0) is 33.5 Å². The molecule has 1 aromatic rings. The van der Waals surface area contributed by atoms with Gasteiger partial charge in [0.25, 0.3) is 0 Å². The second kappa shape index (κ2) is 9.26. The van der Waals surface area contributed by atoms with Gasteiger partial charge >= 0.3 is 0 Å². The summed E-state index contributed by atoms with van der Waals surface area (Å²) in [4.78, 5) is 25.5. The molecule has 0 aliphatic carbocycles. The molecule has 4 heteroatoms. The maximum atomic E-state index is 11.8. The van der Waals surface area contributed by atoms with Crippen molar-refractivity contribution in [3.8, 4) is 0 Å². The second-order valence-electron chi connectivity index (χ2n) is 5.15. The van der Waals surface area contributed by atoms with Crippen LogP contribution in [0.2, 0.25) is 0 Å². The molecule has 0 heterocycles. The number of hydrogen-bond acceptors (Lipinski definition) is 3. The summed E-state index contributed by atoms with van der Waals surface area (Å²) in [6.07, 6.45) is 2.39. The summed E-state index contributed by atoms with van der Waals surface area (Å²) < 4.78 is 0. The van der Waals surface area contributed by atoms with Crippen LogP contribution in [-0.4, -0.2) is 43.8 Å². The van der Waals surface area contributed by atoms with Crippen molar-refractivity contribution < 1.29 is 9.59 Å². The van der Waals surface area contributed by atoms with Gasteiger partial charge < -0.3 is 10.2 Å². The van der Waals surface area contributed by atoms with Crippen LogP contribution in [0.4, 0.5) is 0 Å². The first kappa shape index (κ1) is 16.4. The molecule has 110 valence electrons. The van der Waals surface area contributed by atoms with Crippen molar-refractivity contribution in [1.82, 2.24) is 10.2 Å². The average molecular weight is 276 g/mol. The lowest BCUT2D eigenvalue weighted by Crippen LogP contribution is -2.26. The monoisotopic (exact) mass is 276 g/mol. The van der Waals surface area contributed by atoms with E-state index in [0.717, 1.165) is 18.5 Å². The average Bonchev–Trinajstić information content (AvgIpc) is 2.44. The zero-order chi connectivity index (χ0) is 14.8. The molecular formula is C16H24N2O2. The highest BCUT2D eigenvalue weighted by atomic mass is 16.1. The number of nitrogens with zero attached hydrogens (tertiary/aromatic N) is 1. The third kappa shape index (κ3) is 7.04. The molecule has 1 aromatic carbocycles. The van der Waals surface area contributed by atoms with E-state index in [4.69, 9.17) is 0 Å². The van der Waals surface area contributed by atoms with E-state index in [-0.39, 0.29) is 11.7 Å². The third-order valence-corrected chi connectivity index (χ3v) is 3.01. The molecule has 0 saturated carbocycles. The van der Waals surface area contributed by atoms with E-state index in [0.29, 0.717) is 25.8 Å². The number of carbonyl (C=O) groups is 2. The highest BCUT2D eigenvalue weighted by Gasteiger charge is 2.06. The predicted molar refractivity (Wildman–Crippen MR) is 80.8 cm³/mol. The Morgan fingerprint density at radius 1 is 1.05 bits per heavy atom. The minimum atomic E-state index is 0.0321. The van der Waals surface area contributed by atoms with Crippen molar-refractivity contribution in [3.63, 3.8) is 0 Å². The minimum absolute atomic E-state index is 0.0321. The van der Waals surface area contributed by atoms with Gasteiger partial charge in [0.15, 0.2) is 5.78 Å². The molecule has 0 spiro atoms. The summed E-state index contributed by atoms with van der Waals surface area (Å²) in [6.45, 7) is 1.66. The van der Waals surface area contributed by atoms with Gasteiger partial charge in [-0.3, -0.25) is 9.59 Å². The Balaban J connectivity index is 2.11. The fourth-order valence-electron chi connectivity index (χ4n) is 1.89. The van der Waals surface area contributed by atoms with Crippen LogP contribution in [0, 0.1) is 0 Å². The molecule has 4 nitrogen and oxygen atoms in total. The first-order chi connectivity index (χ1) is 9.59. The topological polar surface area (TPSA) is 49.4 Å². The minimum Gasteiger partial charge on any atom is -0.356 e. The van der Waals surface area contributed by atoms with Crippen LogP contribution in [0.15, 0.2) is 30.3 Å². The van der Waals surface area contributed by atoms with E-state index in [9.17, 15) is 9.59 Å². The Bertz CT molecular complexity index is 416. The van der Waals surface area contributed by atoms with Crippen molar-refractivity contribution in [2.75, 3.05) is 27.2 Å². The molecule has 0 unspecified atom stereocenters. The van der Waals surface area contributed by atoms with Gasteiger partial charge in [-0.1, -0.05) is 30.3 Å². The van der Waals surface area contributed by atoms with Gasteiger partial charge in [0, 0.05) is 24.9 Å². The first-order valence-corrected chi connectivity index (χ1v) is 7.09.